The van der Waals surface area contributed by atoms with E-state index in [0.717, 1.165) is 0 Å². The second kappa shape index (κ2) is 37.7. The first-order valence-corrected chi connectivity index (χ1v) is 39.7. The van der Waals surface area contributed by atoms with Gasteiger partial charge in [-0.1, -0.05) is 36.4 Å². The predicted molar refractivity (Wildman–Crippen MR) is 413 cm³/mol. The van der Waals surface area contributed by atoms with Crippen molar-refractivity contribution < 1.29 is 201 Å². The third kappa shape index (κ3) is 18.3. The summed E-state index contributed by atoms with van der Waals surface area (Å²) in [5.74, 6) is -0.623. The maximum atomic E-state index is 15.2. The van der Waals surface area contributed by atoms with Gasteiger partial charge in [0.15, 0.2) is 18.9 Å². The van der Waals surface area contributed by atoms with E-state index in [1.807, 2.05) is 0 Å². The molecule has 32 atom stereocenters. The summed E-state index contributed by atoms with van der Waals surface area (Å²) in [6.45, 7) is -5.60. The van der Waals surface area contributed by atoms with E-state index in [2.05, 4.69) is 9.97 Å². The average Bonchev–Trinajstić information content (AvgIpc) is 1.61. The first-order chi connectivity index (χ1) is 60.4. The lowest BCUT2D eigenvalue weighted by atomic mass is 9.95. The molecule has 7 aromatic rings. The topological polar surface area (TPSA) is 633 Å². The molecule has 45 heteroatoms. The third-order valence-corrected chi connectivity index (χ3v) is 23.1. The SMILES string of the molecule is OCC1O[C@@H](O[C@@H]2C(CO)O[C@@H](Oc3cccc(-c4c5nc(c(-c6cccc(O[C@@H]7OC(CO)[C@@H](O[C@@H]8OC(CO)[C@H](O)C(O)C8O)C(O)[C@@H]7O)c6)c6ccc([nH]6)c(-c6cc(C(F)(F)F)cc(C(F)(F)F)c6)c6nc(c(-c7cccc(O[C@@H]8OC(CO)[C@@H](O[C@@H]9OC(CO)[C@H](O)C(O)C9O)C(O)C8O)c7)c7ccc4[nH]7)C(O)C6O)C=C5)c3)C(O)C2O)C(O)C(O)[C@H]1O. The fourth-order valence-electron chi connectivity index (χ4n) is 16.4. The minimum Gasteiger partial charge on any atom is -0.462 e. The highest BCUT2D eigenvalue weighted by Crippen LogP contribution is 2.49. The number of alkyl halides is 6. The molecule has 0 spiro atoms. The van der Waals surface area contributed by atoms with Crippen LogP contribution in [0.5, 0.6) is 17.2 Å². The summed E-state index contributed by atoms with van der Waals surface area (Å²) in [6.07, 6.45) is -68.9. The zero-order valence-corrected chi connectivity index (χ0v) is 65.7. The fourth-order valence-corrected chi connectivity index (χ4v) is 16.4. The second-order valence-corrected chi connectivity index (χ2v) is 31.3. The molecular weight excluding hydrogens is 1710 g/mol. The Labute approximate surface area is 711 Å². The highest BCUT2D eigenvalue weighted by molar-refractivity contribution is 5.98. The molecule has 11 heterocycles. The Balaban J connectivity index is 0.889. The number of aromatic nitrogens is 4. The van der Waals surface area contributed by atoms with Gasteiger partial charge in [-0.2, -0.15) is 26.3 Å². The minimum atomic E-state index is -5.50. The zero-order chi connectivity index (χ0) is 91.0. The summed E-state index contributed by atoms with van der Waals surface area (Å²) in [6, 6.07) is 22.5. The molecule has 4 aromatic carbocycles. The summed E-state index contributed by atoms with van der Waals surface area (Å²) in [5, 5.41) is 252. The molecule has 39 nitrogen and oxygen atoms in total. The Morgan fingerprint density at radius 2 is 0.567 bits per heavy atom. The Hall–Kier alpha value is -8.56. The summed E-state index contributed by atoms with van der Waals surface area (Å²) in [4.78, 5) is 16.3. The van der Waals surface area contributed by atoms with Crippen molar-refractivity contribution >= 4 is 34.2 Å². The summed E-state index contributed by atoms with van der Waals surface area (Å²) < 4.78 is 161. The van der Waals surface area contributed by atoms with Gasteiger partial charge >= 0.3 is 12.4 Å². The Morgan fingerprint density at radius 3 is 0.866 bits per heavy atom. The van der Waals surface area contributed by atoms with Gasteiger partial charge in [0.1, 0.15) is 176 Å². The number of hydrogen-bond donors (Lipinski definition) is 25. The zero-order valence-electron chi connectivity index (χ0n) is 65.7. The molecule has 19 unspecified atom stereocenters. The quantitative estimate of drug-likeness (QED) is 0.0300. The van der Waals surface area contributed by atoms with Crippen molar-refractivity contribution in [2.75, 3.05) is 39.6 Å². The van der Waals surface area contributed by atoms with Crippen LogP contribution in [-0.2, 0) is 55.0 Å². The molecule has 6 fully saturated rings. The minimum absolute atomic E-state index is 0.00587. The number of aliphatic hydroxyl groups excluding tert-OH is 23. The van der Waals surface area contributed by atoms with E-state index < -0.39 is 282 Å². The summed E-state index contributed by atoms with van der Waals surface area (Å²) in [5.41, 5.74) is -6.98. The lowest BCUT2D eigenvalue weighted by Crippen LogP contribution is -2.65. The number of hydrogen-bond acceptors (Lipinski definition) is 37. The van der Waals surface area contributed by atoms with Gasteiger partial charge in [0.2, 0.25) is 18.9 Å². The number of aliphatic hydroxyl groups is 23. The first-order valence-electron chi connectivity index (χ1n) is 39.7. The molecule has 0 saturated carbocycles. The largest absolute Gasteiger partial charge is 0.462 e. The maximum Gasteiger partial charge on any atom is 0.416 e. The van der Waals surface area contributed by atoms with Crippen LogP contribution in [0.25, 0.3) is 78.7 Å². The van der Waals surface area contributed by atoms with Gasteiger partial charge in [-0.15, -0.1) is 0 Å². The molecule has 3 aromatic heterocycles. The summed E-state index contributed by atoms with van der Waals surface area (Å²) >= 11 is 0. The fraction of sp³-hybridized carbons (Fsp3) is 0.488. The van der Waals surface area contributed by atoms with E-state index in [9.17, 15) is 117 Å². The molecule has 8 aliphatic rings. The van der Waals surface area contributed by atoms with Gasteiger partial charge < -0.3 is 184 Å². The number of halogens is 6. The van der Waals surface area contributed by atoms with Crippen molar-refractivity contribution in [2.24, 2.45) is 0 Å². The number of benzene rings is 4. The second-order valence-electron chi connectivity index (χ2n) is 31.3. The highest BCUT2D eigenvalue weighted by Gasteiger charge is 2.56. The number of fused-ring (bicyclic) bond motifs is 8. The van der Waals surface area contributed by atoms with Gasteiger partial charge in [0, 0.05) is 44.3 Å². The number of ether oxygens (including phenoxy) is 12. The molecule has 0 aliphatic carbocycles. The van der Waals surface area contributed by atoms with Gasteiger partial charge in [0.05, 0.1) is 73.5 Å². The van der Waals surface area contributed by atoms with Gasteiger partial charge in [-0.3, -0.25) is 4.98 Å². The van der Waals surface area contributed by atoms with Crippen LogP contribution in [0.2, 0.25) is 0 Å². The standard InChI is InChI=1S/C82H90F6N4O35/c83-81(84,85)32-16-31(17-33(21-32)82(86,87)88)52-42-15-13-40(91-42)50(29-5-2-8-35(19-29)117-76-70(114)64(108)73(47(26-97)123-76)126-79-67(111)61(105)56(100)44(23-94)120-79)38-11-10-37(89-38)49(28-4-1-7-34(18-28)116-75-69(113)63(107)72(46(25-96)122-75)125-78-66(110)60(104)55(99)43(22-93)119-78)39-12-14-41(90-39)51(53-58(102)59(103)54(52)92-53)30-6-3-9-36(20-30)118-77-71(115)65(109)74(48(27-98)124-77)127-80-68(112)62(106)57(101)45(24-95)121-80/h1-21,43-48,55-80,90-91,93-115H,22-27H2/t43?,44?,45?,46?,47?,48?,55-,56-,57-,58?,59?,60?,61?,62?,63?,64?,65?,66?,67?,68?,69?,70-,71?,72+,73+,74+,75+,76+,77+,78-,79-,80-/m0/s1. The van der Waals surface area contributed by atoms with Crippen LogP contribution in [0, 0.1) is 0 Å². The van der Waals surface area contributed by atoms with Crippen LogP contribution in [0.4, 0.5) is 26.3 Å². The van der Waals surface area contributed by atoms with E-state index in [1.54, 1.807) is 6.07 Å². The number of rotatable bonds is 22. The van der Waals surface area contributed by atoms with Crippen LogP contribution in [0.15, 0.2) is 115 Å². The Bertz CT molecular complexity index is 5210. The number of aromatic amines is 2. The molecule has 6 saturated heterocycles. The van der Waals surface area contributed by atoms with Gasteiger partial charge in [-0.25, -0.2) is 4.98 Å². The molecule has 15 rings (SSSR count). The van der Waals surface area contributed by atoms with Crippen LogP contribution in [0.1, 0.15) is 46.1 Å². The highest BCUT2D eigenvalue weighted by atomic mass is 19.4. The van der Waals surface area contributed by atoms with E-state index in [0.29, 0.717) is 12.1 Å². The normalized spacial score (nSPS) is 35.5. The number of H-pyrrole nitrogens is 2. The molecule has 0 radical (unpaired) electrons. The predicted octanol–water partition coefficient (Wildman–Crippen LogP) is -3.03. The van der Waals surface area contributed by atoms with E-state index in [4.69, 9.17) is 66.8 Å². The number of nitrogens with zero attached hydrogens (tertiary/aromatic N) is 2. The molecular formula is C82H90F6N4O35. The van der Waals surface area contributed by atoms with Gasteiger partial charge in [0.25, 0.3) is 0 Å². The van der Waals surface area contributed by atoms with Crippen molar-refractivity contribution in [3.63, 3.8) is 0 Å². The van der Waals surface area contributed by atoms with Crippen molar-refractivity contribution in [1.29, 1.82) is 0 Å². The molecule has 127 heavy (non-hydrogen) atoms. The molecule has 8 aliphatic heterocycles. The van der Waals surface area contributed by atoms with Gasteiger partial charge in [-0.05, 0) is 113 Å². The van der Waals surface area contributed by atoms with Crippen LogP contribution in [-0.4, -0.2) is 361 Å². The van der Waals surface area contributed by atoms with E-state index in [1.165, 1.54) is 103 Å². The van der Waals surface area contributed by atoms with Crippen LogP contribution >= 0.6 is 0 Å². The smallest absolute Gasteiger partial charge is 0.416 e. The van der Waals surface area contributed by atoms with Crippen LogP contribution < -0.4 is 14.2 Å². The summed E-state index contributed by atoms with van der Waals surface area (Å²) in [7, 11) is 0. The molecule has 25 N–H and O–H groups in total. The lowest BCUT2D eigenvalue weighted by molar-refractivity contribution is -0.352. The molecule has 8 bridgehead atoms. The number of nitrogens with one attached hydrogen (secondary N) is 2. The van der Waals surface area contributed by atoms with E-state index >= 15 is 26.3 Å². The lowest BCUT2D eigenvalue weighted by Gasteiger charge is -2.45. The average molecular weight is 1810 g/mol. The Kier molecular flexibility index (Phi) is 27.7. The third-order valence-electron chi connectivity index (χ3n) is 23.1. The molecule has 0 amide bonds. The van der Waals surface area contributed by atoms with Crippen molar-refractivity contribution in [2.45, 2.75) is 209 Å². The van der Waals surface area contributed by atoms with Crippen molar-refractivity contribution in [3.8, 4) is 61.8 Å². The molecule has 690 valence electrons. The van der Waals surface area contributed by atoms with Crippen LogP contribution in [0.3, 0.4) is 0 Å². The first kappa shape index (κ1) is 93.1. The maximum absolute atomic E-state index is 15.2. The van der Waals surface area contributed by atoms with Crippen molar-refractivity contribution in [1.82, 2.24) is 19.9 Å². The van der Waals surface area contributed by atoms with E-state index in [-0.39, 0.29) is 90.2 Å². The monoisotopic (exact) mass is 1800 g/mol. The van der Waals surface area contributed by atoms with Crippen molar-refractivity contribution in [3.05, 3.63) is 149 Å². The Morgan fingerprint density at radius 1 is 0.291 bits per heavy atom.